The van der Waals surface area contributed by atoms with Gasteiger partial charge in [0.25, 0.3) is 5.91 Å². The van der Waals surface area contributed by atoms with Crippen LogP contribution in [0.5, 0.6) is 0 Å². The fourth-order valence-electron chi connectivity index (χ4n) is 1.72. The van der Waals surface area contributed by atoms with Crippen LogP contribution in [-0.2, 0) is 0 Å². The lowest BCUT2D eigenvalue weighted by Crippen LogP contribution is -2.30. The van der Waals surface area contributed by atoms with E-state index in [9.17, 15) is 4.79 Å². The second-order valence-corrected chi connectivity index (χ2v) is 4.25. The molecule has 2 N–H and O–H groups in total. The topological polar surface area (TPSA) is 62.2 Å². The van der Waals surface area contributed by atoms with E-state index in [2.05, 4.69) is 36.0 Å². The first kappa shape index (κ1) is 15.2. The summed E-state index contributed by atoms with van der Waals surface area (Å²) in [6.45, 7) is 4.64. The third kappa shape index (κ3) is 4.72. The molecule has 0 aliphatic heterocycles. The molecule has 0 saturated carbocycles. The van der Waals surface area contributed by atoms with E-state index in [1.807, 2.05) is 0 Å². The molecule has 0 aliphatic rings. The van der Waals surface area contributed by atoms with Gasteiger partial charge in [-0.3, -0.25) is 4.79 Å². The summed E-state index contributed by atoms with van der Waals surface area (Å²) in [5, 5.41) is 11.6. The number of aromatic nitrogens is 1. The molecule has 0 saturated heterocycles. The van der Waals surface area contributed by atoms with Crippen LogP contribution in [0, 0.1) is 17.8 Å². The lowest BCUT2D eigenvalue weighted by Gasteiger charge is -2.13. The zero-order valence-corrected chi connectivity index (χ0v) is 11.4. The van der Waals surface area contributed by atoms with Crippen LogP contribution in [0.15, 0.2) is 18.3 Å². The molecule has 0 aromatic carbocycles. The maximum absolute atomic E-state index is 12.1. The summed E-state index contributed by atoms with van der Waals surface area (Å²) in [7, 11) is 0. The maximum atomic E-state index is 12.1. The Morgan fingerprint density at radius 3 is 2.84 bits per heavy atom. The standard InChI is InChI=1S/C15H20N2O2/c1-3-12(4-2)11-17-15(19)14-13(8-6-10-18)7-5-9-16-14/h5,7,9,12,18H,3-4,10-11H2,1-2H3,(H,17,19). The second kappa shape index (κ2) is 8.28. The van der Waals surface area contributed by atoms with E-state index in [0.717, 1.165) is 12.8 Å². The molecule has 0 radical (unpaired) electrons. The highest BCUT2D eigenvalue weighted by Gasteiger charge is 2.12. The van der Waals surface area contributed by atoms with E-state index < -0.39 is 0 Å². The predicted molar refractivity (Wildman–Crippen MR) is 74.6 cm³/mol. The number of hydrogen-bond acceptors (Lipinski definition) is 3. The van der Waals surface area contributed by atoms with Crippen LogP contribution in [0.4, 0.5) is 0 Å². The van der Waals surface area contributed by atoms with Gasteiger partial charge >= 0.3 is 0 Å². The molecule has 0 spiro atoms. The monoisotopic (exact) mass is 260 g/mol. The summed E-state index contributed by atoms with van der Waals surface area (Å²) in [6, 6.07) is 3.45. The van der Waals surface area contributed by atoms with Gasteiger partial charge < -0.3 is 10.4 Å². The molecule has 19 heavy (non-hydrogen) atoms. The first-order valence-corrected chi connectivity index (χ1v) is 6.55. The highest BCUT2D eigenvalue weighted by molar-refractivity contribution is 5.94. The zero-order valence-electron chi connectivity index (χ0n) is 11.4. The minimum atomic E-state index is -0.232. The molecule has 1 amide bonds. The molecule has 1 aromatic rings. The van der Waals surface area contributed by atoms with E-state index in [0.29, 0.717) is 23.7 Å². The first-order valence-electron chi connectivity index (χ1n) is 6.55. The highest BCUT2D eigenvalue weighted by Crippen LogP contribution is 2.07. The number of rotatable bonds is 5. The smallest absolute Gasteiger partial charge is 0.271 e. The molecule has 102 valence electrons. The number of nitrogens with zero attached hydrogens (tertiary/aromatic N) is 1. The third-order valence-corrected chi connectivity index (χ3v) is 3.03. The largest absolute Gasteiger partial charge is 0.384 e. The summed E-state index contributed by atoms with van der Waals surface area (Å²) in [5.74, 6) is 5.54. The van der Waals surface area contributed by atoms with Crippen LogP contribution in [0.25, 0.3) is 0 Å². The summed E-state index contributed by atoms with van der Waals surface area (Å²) >= 11 is 0. The van der Waals surface area contributed by atoms with Crippen molar-refractivity contribution in [3.63, 3.8) is 0 Å². The van der Waals surface area contributed by atoms with Gasteiger partial charge in [-0.25, -0.2) is 4.98 Å². The van der Waals surface area contributed by atoms with E-state index in [4.69, 9.17) is 5.11 Å². The lowest BCUT2D eigenvalue weighted by molar-refractivity contribution is 0.0941. The second-order valence-electron chi connectivity index (χ2n) is 4.25. The molecule has 0 aliphatic carbocycles. The summed E-state index contributed by atoms with van der Waals surface area (Å²) in [5.41, 5.74) is 0.855. The highest BCUT2D eigenvalue weighted by atomic mass is 16.2. The van der Waals surface area contributed by atoms with Crippen LogP contribution in [0.2, 0.25) is 0 Å². The van der Waals surface area contributed by atoms with Gasteiger partial charge in [0.15, 0.2) is 0 Å². The van der Waals surface area contributed by atoms with Gasteiger partial charge in [0.05, 0.1) is 5.56 Å². The lowest BCUT2D eigenvalue weighted by atomic mass is 10.0. The number of carbonyl (C=O) groups excluding carboxylic acids is 1. The van der Waals surface area contributed by atoms with Crippen molar-refractivity contribution in [3.8, 4) is 11.8 Å². The van der Waals surface area contributed by atoms with Gasteiger partial charge in [0.1, 0.15) is 12.3 Å². The number of hydrogen-bond donors (Lipinski definition) is 2. The van der Waals surface area contributed by atoms with E-state index >= 15 is 0 Å². The number of carbonyl (C=O) groups is 1. The minimum Gasteiger partial charge on any atom is -0.384 e. The number of nitrogens with one attached hydrogen (secondary N) is 1. The summed E-state index contributed by atoms with van der Waals surface area (Å²) in [4.78, 5) is 16.1. The van der Waals surface area contributed by atoms with E-state index in [-0.39, 0.29) is 12.5 Å². The first-order chi connectivity index (χ1) is 9.22. The SMILES string of the molecule is CCC(CC)CNC(=O)c1ncccc1C#CCO. The minimum absolute atomic E-state index is 0.213. The van der Waals surface area contributed by atoms with Crippen molar-refractivity contribution in [2.75, 3.05) is 13.2 Å². The Kier molecular flexibility index (Phi) is 6.62. The predicted octanol–water partition coefficient (Wildman–Crippen LogP) is 1.59. The van der Waals surface area contributed by atoms with Gasteiger partial charge in [-0.15, -0.1) is 0 Å². The number of aliphatic hydroxyl groups is 1. The normalized spacial score (nSPS) is 9.89. The van der Waals surface area contributed by atoms with Crippen LogP contribution in [-0.4, -0.2) is 29.1 Å². The molecule has 0 fully saturated rings. The van der Waals surface area contributed by atoms with Crippen molar-refractivity contribution < 1.29 is 9.90 Å². The quantitative estimate of drug-likeness (QED) is 0.790. The summed E-state index contributed by atoms with van der Waals surface area (Å²) in [6.07, 6.45) is 3.64. The molecule has 0 atom stereocenters. The van der Waals surface area contributed by atoms with Gasteiger partial charge in [-0.2, -0.15) is 0 Å². The molecule has 4 heteroatoms. The molecular weight excluding hydrogens is 240 g/mol. The average molecular weight is 260 g/mol. The number of aliphatic hydroxyl groups excluding tert-OH is 1. The van der Waals surface area contributed by atoms with E-state index in [1.165, 1.54) is 0 Å². The van der Waals surface area contributed by atoms with E-state index in [1.54, 1.807) is 18.3 Å². The Hall–Kier alpha value is -1.86. The van der Waals surface area contributed by atoms with Gasteiger partial charge in [0, 0.05) is 12.7 Å². The van der Waals surface area contributed by atoms with Crippen molar-refractivity contribution in [2.24, 2.45) is 5.92 Å². The molecule has 1 aromatic heterocycles. The summed E-state index contributed by atoms with van der Waals surface area (Å²) < 4.78 is 0. The Morgan fingerprint density at radius 1 is 1.47 bits per heavy atom. The van der Waals surface area contributed by atoms with Crippen LogP contribution in [0.1, 0.15) is 42.7 Å². The average Bonchev–Trinajstić information content (AvgIpc) is 2.46. The Balaban J connectivity index is 2.76. The maximum Gasteiger partial charge on any atom is 0.271 e. The van der Waals surface area contributed by atoms with Gasteiger partial charge in [-0.1, -0.05) is 38.5 Å². The number of pyridine rings is 1. The fraction of sp³-hybridized carbons (Fsp3) is 0.467. The van der Waals surface area contributed by atoms with Crippen molar-refractivity contribution >= 4 is 5.91 Å². The Bertz CT molecular complexity index is 471. The third-order valence-electron chi connectivity index (χ3n) is 3.03. The Labute approximate surface area is 114 Å². The van der Waals surface area contributed by atoms with Crippen LogP contribution >= 0.6 is 0 Å². The zero-order chi connectivity index (χ0) is 14.1. The fourth-order valence-corrected chi connectivity index (χ4v) is 1.72. The van der Waals surface area contributed by atoms with Gasteiger partial charge in [0.2, 0.25) is 0 Å². The molecule has 1 heterocycles. The van der Waals surface area contributed by atoms with Crippen molar-refractivity contribution in [1.82, 2.24) is 10.3 Å². The van der Waals surface area contributed by atoms with Crippen molar-refractivity contribution in [2.45, 2.75) is 26.7 Å². The van der Waals surface area contributed by atoms with Crippen LogP contribution in [0.3, 0.4) is 0 Å². The molecule has 0 unspecified atom stereocenters. The van der Waals surface area contributed by atoms with Crippen LogP contribution < -0.4 is 5.32 Å². The molecular formula is C15H20N2O2. The number of amides is 1. The van der Waals surface area contributed by atoms with Gasteiger partial charge in [-0.05, 0) is 18.1 Å². The Morgan fingerprint density at radius 2 is 2.21 bits per heavy atom. The molecule has 1 rings (SSSR count). The van der Waals surface area contributed by atoms with Crippen molar-refractivity contribution in [1.29, 1.82) is 0 Å². The van der Waals surface area contributed by atoms with Crippen molar-refractivity contribution in [3.05, 3.63) is 29.6 Å². The molecule has 4 nitrogen and oxygen atoms in total. The molecule has 0 bridgehead atoms.